The second-order valence-corrected chi connectivity index (χ2v) is 13.4. The normalized spacial score (nSPS) is 13.7. The van der Waals surface area contributed by atoms with Crippen LogP contribution in [-0.2, 0) is 21.2 Å². The molecule has 8 nitrogen and oxygen atoms in total. The van der Waals surface area contributed by atoms with Crippen molar-refractivity contribution in [1.29, 1.82) is 0 Å². The first-order valence-electron chi connectivity index (χ1n) is 14.5. The molecule has 3 aromatic rings. The van der Waals surface area contributed by atoms with Crippen LogP contribution in [0.3, 0.4) is 0 Å². The number of carbonyl (C=O) groups is 1. The maximum Gasteiger partial charge on any atom is 0.243 e. The average molecular weight is 583 g/mol. The molecule has 0 aliphatic carbocycles. The zero-order valence-corrected chi connectivity index (χ0v) is 25.5. The van der Waals surface area contributed by atoms with Crippen LogP contribution >= 0.6 is 0 Å². The number of anilines is 1. The fourth-order valence-electron chi connectivity index (χ4n) is 4.90. The Labute approximate surface area is 245 Å². The van der Waals surface area contributed by atoms with Crippen LogP contribution in [0, 0.1) is 11.8 Å². The van der Waals surface area contributed by atoms with E-state index in [1.165, 1.54) is 16.4 Å². The lowest BCUT2D eigenvalue weighted by atomic mass is 9.98. The number of amides is 1. The van der Waals surface area contributed by atoms with E-state index in [1.54, 1.807) is 12.1 Å². The number of sulfonamides is 1. The van der Waals surface area contributed by atoms with Gasteiger partial charge in [0, 0.05) is 24.8 Å². The molecule has 3 aromatic carbocycles. The summed E-state index contributed by atoms with van der Waals surface area (Å²) in [6.07, 6.45) is 1.49. The molecule has 3 rings (SSSR count). The maximum atomic E-state index is 13.5. The molecule has 0 fully saturated rings. The van der Waals surface area contributed by atoms with Crippen molar-refractivity contribution in [2.75, 3.05) is 32.0 Å². The molecule has 0 bridgehead atoms. The molecule has 0 saturated carbocycles. The van der Waals surface area contributed by atoms with Crippen LogP contribution in [0.1, 0.15) is 46.1 Å². The topological polar surface area (TPSA) is 125 Å². The van der Waals surface area contributed by atoms with Crippen molar-refractivity contribution in [3.05, 3.63) is 72.3 Å². The number of hydrogen-bond donors (Lipinski definition) is 4. The number of aliphatic hydroxyl groups is 1. The standard InChI is InChI=1S/C32H46N4O4S/c1-23(2)20-35-31(19-26-11-7-10-25-9-5-6-13-30(25)26)32(38)34-18-8-12-28(22-37)36(21-24(3)4)41(39,40)29-16-14-27(33)15-17-29/h5-7,9-11,13-17,23-24,28,31,35,37H,8,12,18-22,33H2,1-4H3,(H,34,38). The van der Waals surface area contributed by atoms with Gasteiger partial charge < -0.3 is 21.5 Å². The van der Waals surface area contributed by atoms with Crippen molar-refractivity contribution >= 4 is 32.4 Å². The third kappa shape index (κ3) is 9.26. The Morgan fingerprint density at radius 3 is 2.29 bits per heavy atom. The summed E-state index contributed by atoms with van der Waals surface area (Å²) >= 11 is 0. The van der Waals surface area contributed by atoms with Gasteiger partial charge in [-0.3, -0.25) is 4.79 Å². The molecule has 0 aromatic heterocycles. The summed E-state index contributed by atoms with van der Waals surface area (Å²) < 4.78 is 28.4. The summed E-state index contributed by atoms with van der Waals surface area (Å²) in [5.74, 6) is 0.361. The predicted molar refractivity (Wildman–Crippen MR) is 167 cm³/mol. The van der Waals surface area contributed by atoms with Crippen molar-refractivity contribution in [3.8, 4) is 0 Å². The van der Waals surface area contributed by atoms with Gasteiger partial charge in [0.2, 0.25) is 15.9 Å². The summed E-state index contributed by atoms with van der Waals surface area (Å²) in [5.41, 5.74) is 7.34. The molecule has 0 aliphatic heterocycles. The van der Waals surface area contributed by atoms with E-state index in [0.29, 0.717) is 44.0 Å². The molecule has 0 aliphatic rings. The monoisotopic (exact) mass is 582 g/mol. The molecule has 2 atom stereocenters. The number of nitrogens with one attached hydrogen (secondary N) is 2. The highest BCUT2D eigenvalue weighted by Gasteiger charge is 2.31. The number of carbonyl (C=O) groups excluding carboxylic acids is 1. The molecular formula is C32H46N4O4S. The molecule has 2 unspecified atom stereocenters. The lowest BCUT2D eigenvalue weighted by Gasteiger charge is -2.31. The number of nitrogens with two attached hydrogens (primary N) is 1. The Morgan fingerprint density at radius 1 is 0.951 bits per heavy atom. The summed E-state index contributed by atoms with van der Waals surface area (Å²) in [4.78, 5) is 13.5. The zero-order chi connectivity index (χ0) is 30.0. The first-order chi connectivity index (χ1) is 19.5. The quantitative estimate of drug-likeness (QED) is 0.148. The lowest BCUT2D eigenvalue weighted by Crippen LogP contribution is -2.47. The number of hydrogen-bond acceptors (Lipinski definition) is 6. The molecule has 0 saturated heterocycles. The third-order valence-electron chi connectivity index (χ3n) is 7.06. The average Bonchev–Trinajstić information content (AvgIpc) is 2.94. The van der Waals surface area contributed by atoms with Crippen molar-refractivity contribution in [1.82, 2.24) is 14.9 Å². The van der Waals surface area contributed by atoms with Crippen molar-refractivity contribution in [2.24, 2.45) is 11.8 Å². The van der Waals surface area contributed by atoms with Gasteiger partial charge in [0.15, 0.2) is 0 Å². The van der Waals surface area contributed by atoms with E-state index < -0.39 is 22.1 Å². The number of fused-ring (bicyclic) bond motifs is 1. The number of rotatable bonds is 16. The highest BCUT2D eigenvalue weighted by atomic mass is 32.2. The van der Waals surface area contributed by atoms with E-state index in [1.807, 2.05) is 32.0 Å². The van der Waals surface area contributed by atoms with E-state index in [9.17, 15) is 18.3 Å². The Kier molecular flexibility index (Phi) is 12.1. The molecule has 0 heterocycles. The molecule has 9 heteroatoms. The van der Waals surface area contributed by atoms with E-state index >= 15 is 0 Å². The first kappa shape index (κ1) is 32.5. The van der Waals surface area contributed by atoms with Crippen LogP contribution in [0.15, 0.2) is 71.6 Å². The Bertz CT molecular complexity index is 1350. The number of nitrogen functional groups attached to an aromatic ring is 1. The minimum atomic E-state index is -3.84. The third-order valence-corrected chi connectivity index (χ3v) is 8.99. The molecule has 1 amide bonds. The van der Waals surface area contributed by atoms with Gasteiger partial charge in [-0.2, -0.15) is 4.31 Å². The Morgan fingerprint density at radius 2 is 1.63 bits per heavy atom. The summed E-state index contributed by atoms with van der Waals surface area (Å²) in [6.45, 7) is 9.16. The van der Waals surface area contributed by atoms with Gasteiger partial charge in [0.05, 0.1) is 17.5 Å². The maximum absolute atomic E-state index is 13.5. The second-order valence-electron chi connectivity index (χ2n) is 11.5. The fraction of sp³-hybridized carbons (Fsp3) is 0.469. The van der Waals surface area contributed by atoms with E-state index in [4.69, 9.17) is 5.73 Å². The molecule has 0 spiro atoms. The lowest BCUT2D eigenvalue weighted by molar-refractivity contribution is -0.123. The minimum Gasteiger partial charge on any atom is -0.399 e. The van der Waals surface area contributed by atoms with Gasteiger partial charge in [-0.05, 0) is 78.2 Å². The van der Waals surface area contributed by atoms with Crippen LogP contribution < -0.4 is 16.4 Å². The number of benzene rings is 3. The Balaban J connectivity index is 1.66. The summed E-state index contributed by atoms with van der Waals surface area (Å²) in [5, 5.41) is 19.0. The number of nitrogens with zero attached hydrogens (tertiary/aromatic N) is 1. The van der Waals surface area contributed by atoms with Gasteiger partial charge in [0.25, 0.3) is 0 Å². The number of aliphatic hydroxyl groups excluding tert-OH is 1. The largest absolute Gasteiger partial charge is 0.399 e. The van der Waals surface area contributed by atoms with Crippen LogP contribution in [0.2, 0.25) is 0 Å². The summed E-state index contributed by atoms with van der Waals surface area (Å²) in [6, 6.07) is 19.4. The van der Waals surface area contributed by atoms with E-state index in [2.05, 4.69) is 48.7 Å². The second kappa shape index (κ2) is 15.3. The van der Waals surface area contributed by atoms with E-state index in [0.717, 1.165) is 16.3 Å². The molecule has 224 valence electrons. The zero-order valence-electron chi connectivity index (χ0n) is 24.7. The van der Waals surface area contributed by atoms with Crippen molar-refractivity contribution in [2.45, 2.75) is 63.9 Å². The predicted octanol–water partition coefficient (Wildman–Crippen LogP) is 4.18. The molecule has 5 N–H and O–H groups in total. The van der Waals surface area contributed by atoms with Gasteiger partial charge in [0.1, 0.15) is 0 Å². The fourth-order valence-corrected chi connectivity index (χ4v) is 6.71. The minimum absolute atomic E-state index is 0.0640. The first-order valence-corrected chi connectivity index (χ1v) is 15.9. The van der Waals surface area contributed by atoms with Gasteiger partial charge >= 0.3 is 0 Å². The van der Waals surface area contributed by atoms with Crippen LogP contribution in [0.5, 0.6) is 0 Å². The van der Waals surface area contributed by atoms with Crippen LogP contribution in [0.4, 0.5) is 5.69 Å². The van der Waals surface area contributed by atoms with Gasteiger partial charge in [-0.15, -0.1) is 0 Å². The Hall–Kier alpha value is -2.98. The highest BCUT2D eigenvalue weighted by Crippen LogP contribution is 2.23. The SMILES string of the molecule is CC(C)CNC(Cc1cccc2ccccc12)C(=O)NCCCC(CO)N(CC(C)C)S(=O)(=O)c1ccc(N)cc1. The van der Waals surface area contributed by atoms with Crippen molar-refractivity contribution < 1.29 is 18.3 Å². The van der Waals surface area contributed by atoms with Gasteiger partial charge in [-0.1, -0.05) is 70.2 Å². The van der Waals surface area contributed by atoms with Crippen molar-refractivity contribution in [3.63, 3.8) is 0 Å². The molecule has 0 radical (unpaired) electrons. The smallest absolute Gasteiger partial charge is 0.243 e. The van der Waals surface area contributed by atoms with Crippen LogP contribution in [-0.4, -0.2) is 62.1 Å². The molecule has 41 heavy (non-hydrogen) atoms. The van der Waals surface area contributed by atoms with Gasteiger partial charge in [-0.25, -0.2) is 8.42 Å². The molecular weight excluding hydrogens is 536 g/mol. The summed E-state index contributed by atoms with van der Waals surface area (Å²) in [7, 11) is -3.84. The van der Waals surface area contributed by atoms with E-state index in [-0.39, 0.29) is 29.9 Å². The van der Waals surface area contributed by atoms with Crippen LogP contribution in [0.25, 0.3) is 10.8 Å². The highest BCUT2D eigenvalue weighted by molar-refractivity contribution is 7.89.